The Balaban J connectivity index is 2.93. The Bertz CT molecular complexity index is 182. The second-order valence-corrected chi connectivity index (χ2v) is 7.37. The van der Waals surface area contributed by atoms with Crippen molar-refractivity contribution in [2.75, 3.05) is 13.6 Å². The second kappa shape index (κ2) is 18.4. The monoisotopic (exact) mass is 315 g/mol. The van der Waals surface area contributed by atoms with E-state index in [1.807, 2.05) is 11.4 Å². The normalized spacial score (nSPS) is 11.4. The van der Waals surface area contributed by atoms with E-state index in [1.165, 1.54) is 103 Å². The first kappa shape index (κ1) is 21.3. The lowest BCUT2D eigenvalue weighted by atomic mass is 10.0. The SMILES string of the molecule is CCCCCCCCCCCCCCCCCCN(C)S. The number of rotatable bonds is 17. The minimum Gasteiger partial charge on any atom is -0.256 e. The van der Waals surface area contributed by atoms with Gasteiger partial charge in [0.05, 0.1) is 0 Å². The van der Waals surface area contributed by atoms with Crippen LogP contribution in [0, 0.1) is 0 Å². The van der Waals surface area contributed by atoms with Crippen molar-refractivity contribution < 1.29 is 0 Å². The molecule has 2 heteroatoms. The average Bonchev–Trinajstić information content (AvgIpc) is 2.46. The van der Waals surface area contributed by atoms with E-state index >= 15 is 0 Å². The van der Waals surface area contributed by atoms with E-state index in [0.717, 1.165) is 6.54 Å². The molecule has 0 saturated heterocycles. The molecule has 128 valence electrons. The summed E-state index contributed by atoms with van der Waals surface area (Å²) in [6.45, 7) is 3.42. The fourth-order valence-corrected chi connectivity index (χ4v) is 3.03. The van der Waals surface area contributed by atoms with Gasteiger partial charge in [0.2, 0.25) is 0 Å². The number of nitrogens with zero attached hydrogens (tertiary/aromatic N) is 1. The van der Waals surface area contributed by atoms with Gasteiger partial charge in [0.15, 0.2) is 0 Å². The van der Waals surface area contributed by atoms with Crippen molar-refractivity contribution in [3.63, 3.8) is 0 Å². The maximum Gasteiger partial charge on any atom is 0.00838 e. The predicted molar refractivity (Wildman–Crippen MR) is 101 cm³/mol. The van der Waals surface area contributed by atoms with Crippen LogP contribution in [-0.2, 0) is 0 Å². The minimum absolute atomic E-state index is 1.13. The highest BCUT2D eigenvalue weighted by atomic mass is 32.1. The molecule has 0 aromatic heterocycles. The summed E-state index contributed by atoms with van der Waals surface area (Å²) in [6.07, 6.45) is 23.0. The largest absolute Gasteiger partial charge is 0.256 e. The topological polar surface area (TPSA) is 3.24 Å². The van der Waals surface area contributed by atoms with Crippen LogP contribution < -0.4 is 0 Å². The number of unbranched alkanes of at least 4 members (excludes halogenated alkanes) is 15. The molecule has 1 nitrogen and oxygen atoms in total. The number of hydrogen-bond acceptors (Lipinski definition) is 2. The molecule has 0 unspecified atom stereocenters. The minimum atomic E-state index is 1.13. The van der Waals surface area contributed by atoms with E-state index in [0.29, 0.717) is 0 Å². The van der Waals surface area contributed by atoms with Crippen LogP contribution in [0.3, 0.4) is 0 Å². The summed E-state index contributed by atoms with van der Waals surface area (Å²) in [5.74, 6) is 0. The summed E-state index contributed by atoms with van der Waals surface area (Å²) < 4.78 is 1.99. The predicted octanol–water partition coefficient (Wildman–Crippen LogP) is 7.02. The Morgan fingerprint density at radius 1 is 0.524 bits per heavy atom. The van der Waals surface area contributed by atoms with E-state index < -0.39 is 0 Å². The fourth-order valence-electron chi connectivity index (χ4n) is 2.89. The molecule has 0 fully saturated rings. The van der Waals surface area contributed by atoms with Crippen LogP contribution in [0.2, 0.25) is 0 Å². The summed E-state index contributed by atoms with van der Waals surface area (Å²) in [5.41, 5.74) is 0. The zero-order valence-corrected chi connectivity index (χ0v) is 15.8. The van der Waals surface area contributed by atoms with Crippen molar-refractivity contribution in [1.29, 1.82) is 0 Å². The molecular weight excluding hydrogens is 274 g/mol. The van der Waals surface area contributed by atoms with Gasteiger partial charge in [-0.05, 0) is 13.5 Å². The molecule has 0 aliphatic carbocycles. The van der Waals surface area contributed by atoms with Gasteiger partial charge in [-0.15, -0.1) is 0 Å². The highest BCUT2D eigenvalue weighted by Gasteiger charge is 1.95. The molecule has 21 heavy (non-hydrogen) atoms. The molecule has 0 radical (unpaired) electrons. The molecule has 0 rings (SSSR count). The van der Waals surface area contributed by atoms with Crippen LogP contribution in [0.5, 0.6) is 0 Å². The molecule has 0 bridgehead atoms. The molecule has 0 aliphatic rings. The lowest BCUT2D eigenvalue weighted by Gasteiger charge is -2.07. The Kier molecular flexibility index (Phi) is 18.6. The van der Waals surface area contributed by atoms with Crippen molar-refractivity contribution in [1.82, 2.24) is 4.31 Å². The molecule has 0 N–H and O–H groups in total. The molecule has 0 atom stereocenters. The summed E-state index contributed by atoms with van der Waals surface area (Å²) in [7, 11) is 2.04. The van der Waals surface area contributed by atoms with Gasteiger partial charge < -0.3 is 0 Å². The van der Waals surface area contributed by atoms with E-state index in [1.54, 1.807) is 0 Å². The van der Waals surface area contributed by atoms with Crippen LogP contribution >= 0.6 is 12.8 Å². The van der Waals surface area contributed by atoms with Crippen LogP contribution in [0.25, 0.3) is 0 Å². The van der Waals surface area contributed by atoms with Crippen molar-refractivity contribution in [2.45, 2.75) is 110 Å². The van der Waals surface area contributed by atoms with E-state index in [9.17, 15) is 0 Å². The molecule has 0 heterocycles. The quantitative estimate of drug-likeness (QED) is 0.223. The molecule has 0 aromatic rings. The van der Waals surface area contributed by atoms with Crippen LogP contribution in [0.4, 0.5) is 0 Å². The summed E-state index contributed by atoms with van der Waals surface area (Å²) in [5, 5.41) is 0. The molecule has 0 amide bonds. The van der Waals surface area contributed by atoms with Crippen LogP contribution in [-0.4, -0.2) is 17.9 Å². The maximum atomic E-state index is 4.26. The van der Waals surface area contributed by atoms with Gasteiger partial charge in [-0.1, -0.05) is 116 Å². The number of thiol groups is 1. The van der Waals surface area contributed by atoms with E-state index in [4.69, 9.17) is 0 Å². The summed E-state index contributed by atoms with van der Waals surface area (Å²) in [4.78, 5) is 0. The van der Waals surface area contributed by atoms with Crippen molar-refractivity contribution in [2.24, 2.45) is 0 Å². The lowest BCUT2D eigenvalue weighted by Crippen LogP contribution is -2.05. The first-order valence-corrected chi connectivity index (χ1v) is 10.1. The van der Waals surface area contributed by atoms with Crippen LogP contribution in [0.1, 0.15) is 110 Å². The van der Waals surface area contributed by atoms with Gasteiger partial charge in [0.1, 0.15) is 0 Å². The Morgan fingerprint density at radius 3 is 1.10 bits per heavy atom. The van der Waals surface area contributed by atoms with Gasteiger partial charge in [-0.3, -0.25) is 4.31 Å². The molecular formula is C19H41NS. The standard InChI is InChI=1S/C19H41NS/c1-3-4-5-6-7-8-9-10-11-12-13-14-15-16-17-18-19-20(2)21/h21H,3-19H2,1-2H3. The van der Waals surface area contributed by atoms with E-state index in [2.05, 4.69) is 19.7 Å². The van der Waals surface area contributed by atoms with Gasteiger partial charge in [0, 0.05) is 6.54 Å². The maximum absolute atomic E-state index is 4.26. The van der Waals surface area contributed by atoms with Crippen LogP contribution in [0.15, 0.2) is 0 Å². The number of hydrogen-bond donors (Lipinski definition) is 1. The molecule has 0 aromatic carbocycles. The molecule has 0 saturated carbocycles. The third-order valence-corrected chi connectivity index (χ3v) is 4.54. The highest BCUT2D eigenvalue weighted by Crippen LogP contribution is 2.13. The fraction of sp³-hybridized carbons (Fsp3) is 1.00. The summed E-state index contributed by atoms with van der Waals surface area (Å²) >= 11 is 4.26. The zero-order valence-electron chi connectivity index (χ0n) is 14.9. The van der Waals surface area contributed by atoms with Gasteiger partial charge in [-0.25, -0.2) is 0 Å². The van der Waals surface area contributed by atoms with Crippen molar-refractivity contribution in [3.05, 3.63) is 0 Å². The first-order chi connectivity index (χ1) is 10.3. The third kappa shape index (κ3) is 20.3. The van der Waals surface area contributed by atoms with Gasteiger partial charge in [0.25, 0.3) is 0 Å². The Morgan fingerprint density at radius 2 is 0.810 bits per heavy atom. The van der Waals surface area contributed by atoms with Crippen molar-refractivity contribution in [3.8, 4) is 0 Å². The second-order valence-electron chi connectivity index (χ2n) is 6.68. The lowest BCUT2D eigenvalue weighted by molar-refractivity contribution is 0.501. The van der Waals surface area contributed by atoms with Gasteiger partial charge >= 0.3 is 0 Å². The van der Waals surface area contributed by atoms with E-state index in [-0.39, 0.29) is 0 Å². The summed E-state index contributed by atoms with van der Waals surface area (Å²) in [6, 6.07) is 0. The zero-order chi connectivity index (χ0) is 15.6. The first-order valence-electron chi connectivity index (χ1n) is 9.67. The Hall–Kier alpha value is 0.310. The highest BCUT2D eigenvalue weighted by molar-refractivity contribution is 7.77. The third-order valence-electron chi connectivity index (χ3n) is 4.34. The average molecular weight is 316 g/mol. The Labute approximate surface area is 140 Å². The molecule has 0 aliphatic heterocycles. The van der Waals surface area contributed by atoms with Crippen molar-refractivity contribution >= 4 is 12.8 Å². The molecule has 0 spiro atoms. The van der Waals surface area contributed by atoms with Gasteiger partial charge in [-0.2, -0.15) is 0 Å². The smallest absolute Gasteiger partial charge is 0.00838 e.